The number of nitrogens with zero attached hydrogens (tertiary/aromatic N) is 1. The highest BCUT2D eigenvalue weighted by Crippen LogP contribution is 2.30. The third-order valence-corrected chi connectivity index (χ3v) is 4.22. The van der Waals surface area contributed by atoms with Crippen molar-refractivity contribution in [1.82, 2.24) is 4.98 Å². The molecule has 2 aromatic rings. The molecule has 0 radical (unpaired) electrons. The average molecular weight is 276 g/mol. The van der Waals surface area contributed by atoms with E-state index in [0.717, 1.165) is 25.0 Å². The summed E-state index contributed by atoms with van der Waals surface area (Å²) in [5, 5.41) is 3.38. The number of fused-ring (bicyclic) bond motifs is 1. The average Bonchev–Trinajstić information content (AvgIpc) is 2.92. The number of amides is 1. The van der Waals surface area contributed by atoms with E-state index in [9.17, 15) is 9.18 Å². The van der Waals surface area contributed by atoms with Gasteiger partial charge in [0.1, 0.15) is 5.82 Å². The fourth-order valence-corrected chi connectivity index (χ4v) is 3.29. The van der Waals surface area contributed by atoms with Gasteiger partial charge in [-0.2, -0.15) is 0 Å². The fraction of sp³-hybridized carbons (Fsp3) is 0.286. The Morgan fingerprint density at radius 2 is 2.21 bits per heavy atom. The summed E-state index contributed by atoms with van der Waals surface area (Å²) < 4.78 is 13.4. The minimum Gasteiger partial charge on any atom is -0.302 e. The van der Waals surface area contributed by atoms with Gasteiger partial charge in [0.05, 0.1) is 12.1 Å². The summed E-state index contributed by atoms with van der Waals surface area (Å²) in [4.78, 5) is 17.5. The second kappa shape index (κ2) is 5.09. The standard InChI is InChI=1S/C14H13FN2OS/c15-10-5-2-1-4-9(10)8-13(18)17-14-16-11-6-3-7-12(11)19-14/h1-2,4-5H,3,6-8H2,(H,16,17,18). The molecule has 1 aromatic carbocycles. The number of aromatic nitrogens is 1. The van der Waals surface area contributed by atoms with Gasteiger partial charge in [0.15, 0.2) is 5.13 Å². The molecule has 3 nitrogen and oxygen atoms in total. The highest BCUT2D eigenvalue weighted by molar-refractivity contribution is 7.15. The lowest BCUT2D eigenvalue weighted by atomic mass is 10.1. The zero-order valence-electron chi connectivity index (χ0n) is 10.3. The van der Waals surface area contributed by atoms with Crippen LogP contribution >= 0.6 is 11.3 Å². The van der Waals surface area contributed by atoms with E-state index >= 15 is 0 Å². The molecule has 0 spiro atoms. The lowest BCUT2D eigenvalue weighted by Crippen LogP contribution is -2.15. The van der Waals surface area contributed by atoms with Crippen LogP contribution in [0.15, 0.2) is 24.3 Å². The number of hydrogen-bond donors (Lipinski definition) is 1. The third-order valence-electron chi connectivity index (χ3n) is 3.15. The normalized spacial score (nSPS) is 13.3. The number of carbonyl (C=O) groups is 1. The zero-order valence-corrected chi connectivity index (χ0v) is 11.1. The molecule has 0 saturated carbocycles. The van der Waals surface area contributed by atoms with Crippen molar-refractivity contribution in [3.8, 4) is 0 Å². The van der Waals surface area contributed by atoms with Crippen molar-refractivity contribution in [2.45, 2.75) is 25.7 Å². The molecule has 0 bridgehead atoms. The van der Waals surface area contributed by atoms with Crippen LogP contribution in [-0.4, -0.2) is 10.9 Å². The Bertz CT molecular complexity index is 602. The number of anilines is 1. The van der Waals surface area contributed by atoms with Crippen LogP contribution in [0.5, 0.6) is 0 Å². The Balaban J connectivity index is 1.66. The van der Waals surface area contributed by atoms with Crippen LogP contribution in [-0.2, 0) is 24.1 Å². The first-order chi connectivity index (χ1) is 9.22. The first-order valence-corrected chi connectivity index (χ1v) is 7.06. The Hall–Kier alpha value is -1.75. The van der Waals surface area contributed by atoms with Crippen LogP contribution in [0, 0.1) is 5.82 Å². The van der Waals surface area contributed by atoms with Crippen molar-refractivity contribution in [1.29, 1.82) is 0 Å². The summed E-state index contributed by atoms with van der Waals surface area (Å²) in [5.41, 5.74) is 1.51. The second-order valence-corrected chi connectivity index (χ2v) is 5.64. The van der Waals surface area contributed by atoms with Gasteiger partial charge in [-0.1, -0.05) is 18.2 Å². The smallest absolute Gasteiger partial charge is 0.230 e. The largest absolute Gasteiger partial charge is 0.302 e. The molecule has 1 aliphatic carbocycles. The van der Waals surface area contributed by atoms with Crippen molar-refractivity contribution in [2.75, 3.05) is 5.32 Å². The van der Waals surface area contributed by atoms with Gasteiger partial charge in [0, 0.05) is 4.88 Å². The molecule has 19 heavy (non-hydrogen) atoms. The second-order valence-electron chi connectivity index (χ2n) is 4.56. The molecule has 0 saturated heterocycles. The molecule has 98 valence electrons. The number of benzene rings is 1. The number of carbonyl (C=O) groups excluding carboxylic acids is 1. The van der Waals surface area contributed by atoms with Crippen molar-refractivity contribution in [3.63, 3.8) is 0 Å². The van der Waals surface area contributed by atoms with E-state index in [1.165, 1.54) is 22.3 Å². The number of thiazole rings is 1. The number of halogens is 1. The summed E-state index contributed by atoms with van der Waals surface area (Å²) in [5.74, 6) is -0.572. The van der Waals surface area contributed by atoms with Crippen molar-refractivity contribution >= 4 is 22.4 Å². The van der Waals surface area contributed by atoms with Gasteiger partial charge < -0.3 is 5.32 Å². The van der Waals surface area contributed by atoms with E-state index in [-0.39, 0.29) is 18.1 Å². The van der Waals surface area contributed by atoms with Gasteiger partial charge >= 0.3 is 0 Å². The lowest BCUT2D eigenvalue weighted by molar-refractivity contribution is -0.115. The van der Waals surface area contributed by atoms with Crippen molar-refractivity contribution in [2.24, 2.45) is 0 Å². The zero-order chi connectivity index (χ0) is 13.2. The van der Waals surface area contributed by atoms with Crippen LogP contribution < -0.4 is 5.32 Å². The van der Waals surface area contributed by atoms with Crippen molar-refractivity contribution in [3.05, 3.63) is 46.2 Å². The Kier molecular flexibility index (Phi) is 3.29. The van der Waals surface area contributed by atoms with Crippen LogP contribution in [0.25, 0.3) is 0 Å². The summed E-state index contributed by atoms with van der Waals surface area (Å²) >= 11 is 1.53. The van der Waals surface area contributed by atoms with Crippen LogP contribution in [0.1, 0.15) is 22.6 Å². The van der Waals surface area contributed by atoms with E-state index in [1.807, 2.05) is 0 Å². The molecule has 1 aliphatic rings. The fourth-order valence-electron chi connectivity index (χ4n) is 2.22. The molecule has 5 heteroatoms. The molecule has 0 fully saturated rings. The Morgan fingerprint density at radius 3 is 3.00 bits per heavy atom. The molecular weight excluding hydrogens is 263 g/mol. The third kappa shape index (κ3) is 2.66. The van der Waals surface area contributed by atoms with E-state index < -0.39 is 0 Å². The van der Waals surface area contributed by atoms with E-state index in [2.05, 4.69) is 10.3 Å². The Labute approximate surface area is 114 Å². The summed E-state index contributed by atoms with van der Waals surface area (Å²) in [6.45, 7) is 0. The molecule has 1 amide bonds. The molecule has 0 aliphatic heterocycles. The predicted molar refractivity (Wildman–Crippen MR) is 72.9 cm³/mol. The summed E-state index contributed by atoms with van der Waals surface area (Å²) in [6, 6.07) is 6.32. The number of nitrogens with one attached hydrogen (secondary N) is 1. The highest BCUT2D eigenvalue weighted by Gasteiger charge is 2.18. The van der Waals surface area contributed by atoms with Gasteiger partial charge in [0.25, 0.3) is 0 Å². The van der Waals surface area contributed by atoms with Gasteiger partial charge in [-0.25, -0.2) is 9.37 Å². The molecule has 0 atom stereocenters. The topological polar surface area (TPSA) is 42.0 Å². The maximum atomic E-state index is 13.4. The van der Waals surface area contributed by atoms with Gasteiger partial charge in [-0.05, 0) is 30.9 Å². The van der Waals surface area contributed by atoms with Gasteiger partial charge in [0.2, 0.25) is 5.91 Å². The highest BCUT2D eigenvalue weighted by atomic mass is 32.1. The molecule has 1 aromatic heterocycles. The molecule has 0 unspecified atom stereocenters. The van der Waals surface area contributed by atoms with Crippen LogP contribution in [0.2, 0.25) is 0 Å². The number of aryl methyl sites for hydroxylation is 2. The maximum Gasteiger partial charge on any atom is 0.230 e. The molecule has 3 rings (SSSR count). The minimum atomic E-state index is -0.348. The van der Waals surface area contributed by atoms with Crippen LogP contribution in [0.4, 0.5) is 9.52 Å². The summed E-state index contributed by atoms with van der Waals surface area (Å²) in [7, 11) is 0. The van der Waals surface area contributed by atoms with Gasteiger partial charge in [-0.15, -0.1) is 11.3 Å². The van der Waals surface area contributed by atoms with Gasteiger partial charge in [-0.3, -0.25) is 4.79 Å². The lowest BCUT2D eigenvalue weighted by Gasteiger charge is -2.03. The molecule has 1 N–H and O–H groups in total. The van der Waals surface area contributed by atoms with Crippen LogP contribution in [0.3, 0.4) is 0 Å². The van der Waals surface area contributed by atoms with E-state index in [0.29, 0.717) is 10.7 Å². The van der Waals surface area contributed by atoms with E-state index in [1.54, 1.807) is 18.2 Å². The van der Waals surface area contributed by atoms with E-state index in [4.69, 9.17) is 0 Å². The maximum absolute atomic E-state index is 13.4. The first-order valence-electron chi connectivity index (χ1n) is 6.24. The van der Waals surface area contributed by atoms with Crippen molar-refractivity contribution < 1.29 is 9.18 Å². The minimum absolute atomic E-state index is 0.0386. The molecular formula is C14H13FN2OS. The summed E-state index contributed by atoms with van der Waals surface area (Å²) in [6.07, 6.45) is 3.24. The SMILES string of the molecule is O=C(Cc1ccccc1F)Nc1nc2c(s1)CCC2. The predicted octanol–water partition coefficient (Wildman–Crippen LogP) is 2.95. The monoisotopic (exact) mass is 276 g/mol. The first kappa shape index (κ1) is 12.3. The Morgan fingerprint density at radius 1 is 1.37 bits per heavy atom. The number of hydrogen-bond acceptors (Lipinski definition) is 3. The molecule has 1 heterocycles. The number of rotatable bonds is 3. The quantitative estimate of drug-likeness (QED) is 0.936.